The largest absolute Gasteiger partial charge is 0.495 e. The molecule has 2 fully saturated rings. The molecular formula is C16H24ClN3O5S. The number of hydrogen-bond acceptors (Lipinski definition) is 6. The van der Waals surface area contributed by atoms with E-state index in [2.05, 4.69) is 15.4 Å². The molecule has 1 heterocycles. The van der Waals surface area contributed by atoms with Crippen molar-refractivity contribution in [2.75, 3.05) is 25.6 Å². The Kier molecular flexibility index (Phi) is 6.86. The van der Waals surface area contributed by atoms with Gasteiger partial charge in [-0.15, -0.1) is 12.4 Å². The summed E-state index contributed by atoms with van der Waals surface area (Å²) in [6, 6.07) is 4.06. The number of anilines is 1. The molecule has 0 radical (unpaired) electrons. The quantitative estimate of drug-likeness (QED) is 0.648. The molecule has 26 heavy (non-hydrogen) atoms. The highest BCUT2D eigenvalue weighted by Crippen LogP contribution is 2.30. The molecule has 0 spiro atoms. The first-order valence-corrected chi connectivity index (χ1v) is 9.75. The minimum Gasteiger partial charge on any atom is -0.495 e. The molecule has 10 heteroatoms. The van der Waals surface area contributed by atoms with Gasteiger partial charge in [-0.05, 0) is 38.0 Å². The van der Waals surface area contributed by atoms with Gasteiger partial charge in [-0.1, -0.05) is 0 Å². The van der Waals surface area contributed by atoms with Crippen LogP contribution >= 0.6 is 12.4 Å². The summed E-state index contributed by atoms with van der Waals surface area (Å²) in [5, 5.41) is 5.84. The van der Waals surface area contributed by atoms with Crippen LogP contribution < -0.4 is 20.1 Å². The third-order valence-electron chi connectivity index (χ3n) is 4.22. The Balaban J connectivity index is 0.00000243. The van der Waals surface area contributed by atoms with Gasteiger partial charge in [0.25, 0.3) is 0 Å². The molecule has 8 nitrogen and oxygen atoms in total. The summed E-state index contributed by atoms with van der Waals surface area (Å²) in [6.45, 7) is 2.97. The van der Waals surface area contributed by atoms with Crippen LogP contribution in [0.15, 0.2) is 23.1 Å². The first kappa shape index (κ1) is 20.9. The predicted molar refractivity (Wildman–Crippen MR) is 99.4 cm³/mol. The van der Waals surface area contributed by atoms with E-state index in [-0.39, 0.29) is 41.1 Å². The van der Waals surface area contributed by atoms with E-state index in [4.69, 9.17) is 9.47 Å². The lowest BCUT2D eigenvalue weighted by molar-refractivity contribution is -0.123. The normalized spacial score (nSPS) is 23.0. The van der Waals surface area contributed by atoms with E-state index < -0.39 is 16.1 Å². The Morgan fingerprint density at radius 2 is 2.08 bits per heavy atom. The molecular weight excluding hydrogens is 382 g/mol. The van der Waals surface area contributed by atoms with E-state index in [9.17, 15) is 13.2 Å². The number of carbonyl (C=O) groups excluding carboxylic acids is 1. The van der Waals surface area contributed by atoms with Gasteiger partial charge >= 0.3 is 0 Å². The zero-order valence-corrected chi connectivity index (χ0v) is 16.3. The fourth-order valence-electron chi connectivity index (χ4n) is 2.70. The molecule has 1 saturated heterocycles. The summed E-state index contributed by atoms with van der Waals surface area (Å²) in [7, 11) is -2.29. The molecule has 1 amide bonds. The van der Waals surface area contributed by atoms with Gasteiger partial charge in [0.1, 0.15) is 16.7 Å². The molecule has 3 rings (SSSR count). The highest BCUT2D eigenvalue weighted by atomic mass is 35.5. The standard InChI is InChI=1S/C16H23N3O5S.ClH/c1-10-15(17-7-8-24-10)16(20)18-12-5-6-13(23-2)14(9-12)25(21,22)19-11-3-4-11;/h5-6,9-11,15,17,19H,3-4,7-8H2,1-2H3,(H,18,20);1H/t10-,15+;/m1./s1. The summed E-state index contributed by atoms with van der Waals surface area (Å²) >= 11 is 0. The summed E-state index contributed by atoms with van der Waals surface area (Å²) in [5.41, 5.74) is 0.390. The van der Waals surface area contributed by atoms with Gasteiger partial charge in [-0.3, -0.25) is 4.79 Å². The van der Waals surface area contributed by atoms with Gasteiger partial charge in [0.05, 0.1) is 19.8 Å². The summed E-state index contributed by atoms with van der Waals surface area (Å²) in [6.07, 6.45) is 1.42. The number of benzene rings is 1. The third kappa shape index (κ3) is 4.86. The number of amides is 1. The zero-order chi connectivity index (χ0) is 18.0. The monoisotopic (exact) mass is 405 g/mol. The molecule has 1 aromatic carbocycles. The van der Waals surface area contributed by atoms with Crippen molar-refractivity contribution in [1.29, 1.82) is 0 Å². The van der Waals surface area contributed by atoms with Gasteiger partial charge < -0.3 is 20.1 Å². The number of halogens is 1. The van der Waals surface area contributed by atoms with Crippen LogP contribution in [0, 0.1) is 0 Å². The van der Waals surface area contributed by atoms with Crippen LogP contribution in [0.5, 0.6) is 5.75 Å². The van der Waals surface area contributed by atoms with E-state index in [0.717, 1.165) is 12.8 Å². The molecule has 1 saturated carbocycles. The topological polar surface area (TPSA) is 106 Å². The van der Waals surface area contributed by atoms with E-state index in [0.29, 0.717) is 18.8 Å². The van der Waals surface area contributed by atoms with Crippen molar-refractivity contribution in [3.05, 3.63) is 18.2 Å². The Morgan fingerprint density at radius 1 is 1.35 bits per heavy atom. The van der Waals surface area contributed by atoms with Crippen molar-refractivity contribution >= 4 is 34.0 Å². The fourth-order valence-corrected chi connectivity index (χ4v) is 4.20. The highest BCUT2D eigenvalue weighted by Gasteiger charge is 2.31. The lowest BCUT2D eigenvalue weighted by Gasteiger charge is -2.29. The Hall–Kier alpha value is -1.39. The van der Waals surface area contributed by atoms with Crippen molar-refractivity contribution in [3.8, 4) is 5.75 Å². The second kappa shape index (κ2) is 8.53. The van der Waals surface area contributed by atoms with Gasteiger partial charge in [0, 0.05) is 18.3 Å². The number of nitrogens with one attached hydrogen (secondary N) is 3. The molecule has 0 aromatic heterocycles. The maximum absolute atomic E-state index is 12.5. The number of carbonyl (C=O) groups is 1. The van der Waals surface area contributed by atoms with Crippen LogP contribution in [0.1, 0.15) is 19.8 Å². The van der Waals surface area contributed by atoms with Crippen LogP contribution in [-0.2, 0) is 19.6 Å². The van der Waals surface area contributed by atoms with E-state index in [1.54, 1.807) is 6.07 Å². The first-order chi connectivity index (χ1) is 11.9. The van der Waals surface area contributed by atoms with Crippen molar-refractivity contribution in [1.82, 2.24) is 10.0 Å². The summed E-state index contributed by atoms with van der Waals surface area (Å²) in [5.74, 6) is -0.0329. The summed E-state index contributed by atoms with van der Waals surface area (Å²) < 4.78 is 38.3. The van der Waals surface area contributed by atoms with Gasteiger partial charge in [-0.2, -0.15) is 0 Å². The molecule has 146 valence electrons. The molecule has 3 N–H and O–H groups in total. The lowest BCUT2D eigenvalue weighted by Crippen LogP contribution is -2.53. The number of hydrogen-bond donors (Lipinski definition) is 3. The van der Waals surface area contributed by atoms with Crippen LogP contribution in [0.25, 0.3) is 0 Å². The average molecular weight is 406 g/mol. The highest BCUT2D eigenvalue weighted by molar-refractivity contribution is 7.89. The molecule has 2 atom stereocenters. The smallest absolute Gasteiger partial charge is 0.244 e. The van der Waals surface area contributed by atoms with E-state index in [1.165, 1.54) is 19.2 Å². The fraction of sp³-hybridized carbons (Fsp3) is 0.562. The second-order valence-electron chi connectivity index (χ2n) is 6.26. The maximum Gasteiger partial charge on any atom is 0.244 e. The van der Waals surface area contributed by atoms with Gasteiger partial charge in [0.2, 0.25) is 15.9 Å². The molecule has 1 aliphatic heterocycles. The third-order valence-corrected chi connectivity index (χ3v) is 5.76. The van der Waals surface area contributed by atoms with E-state index >= 15 is 0 Å². The zero-order valence-electron chi connectivity index (χ0n) is 14.7. The second-order valence-corrected chi connectivity index (χ2v) is 7.94. The molecule has 0 unspecified atom stereocenters. The van der Waals surface area contributed by atoms with Crippen LogP contribution in [0.3, 0.4) is 0 Å². The maximum atomic E-state index is 12.5. The number of morpholine rings is 1. The van der Waals surface area contributed by atoms with Crippen LogP contribution in [0.4, 0.5) is 5.69 Å². The molecule has 1 aliphatic carbocycles. The Morgan fingerprint density at radius 3 is 2.69 bits per heavy atom. The summed E-state index contributed by atoms with van der Waals surface area (Å²) in [4.78, 5) is 12.4. The van der Waals surface area contributed by atoms with Crippen LogP contribution in [-0.4, -0.2) is 52.8 Å². The predicted octanol–water partition coefficient (Wildman–Crippen LogP) is 0.873. The number of methoxy groups -OCH3 is 1. The number of ether oxygens (including phenoxy) is 2. The average Bonchev–Trinajstić information content (AvgIpc) is 3.38. The van der Waals surface area contributed by atoms with Gasteiger partial charge in [0.15, 0.2) is 0 Å². The molecule has 0 bridgehead atoms. The molecule has 1 aromatic rings. The Labute approximate surface area is 159 Å². The van der Waals surface area contributed by atoms with Crippen molar-refractivity contribution in [2.24, 2.45) is 0 Å². The lowest BCUT2D eigenvalue weighted by atomic mass is 10.1. The first-order valence-electron chi connectivity index (χ1n) is 8.27. The minimum absolute atomic E-state index is 0. The van der Waals surface area contributed by atoms with Gasteiger partial charge in [-0.25, -0.2) is 13.1 Å². The van der Waals surface area contributed by atoms with Crippen molar-refractivity contribution < 1.29 is 22.7 Å². The SMILES string of the molecule is COc1ccc(NC(=O)[C@H]2NCCO[C@@H]2C)cc1S(=O)(=O)NC1CC1.Cl. The minimum atomic E-state index is -3.70. The number of rotatable bonds is 6. The van der Waals surface area contributed by atoms with E-state index in [1.807, 2.05) is 6.92 Å². The van der Waals surface area contributed by atoms with Crippen molar-refractivity contribution in [2.45, 2.75) is 42.8 Å². The Bertz CT molecular complexity index is 754. The van der Waals surface area contributed by atoms with Crippen LogP contribution in [0.2, 0.25) is 0 Å². The van der Waals surface area contributed by atoms with Crippen molar-refractivity contribution in [3.63, 3.8) is 0 Å². The molecule has 2 aliphatic rings. The number of sulfonamides is 1.